The zero-order valence-corrected chi connectivity index (χ0v) is 16.0. The molecule has 140 valence electrons. The average molecular weight is 385 g/mol. The van der Waals surface area contributed by atoms with Crippen LogP contribution >= 0.6 is 11.6 Å². The van der Waals surface area contributed by atoms with Crippen LogP contribution in [0.1, 0.15) is 38.4 Å². The minimum absolute atomic E-state index is 0.0137. The van der Waals surface area contributed by atoms with E-state index in [9.17, 15) is 9.90 Å². The Labute approximate surface area is 162 Å². The molecule has 1 N–H and O–H groups in total. The Kier molecular flexibility index (Phi) is 4.60. The topological polar surface area (TPSA) is 59.7 Å². The van der Waals surface area contributed by atoms with Crippen molar-refractivity contribution >= 4 is 22.6 Å². The number of ether oxygens (including phenoxy) is 1. The Balaban J connectivity index is 1.95. The van der Waals surface area contributed by atoms with Crippen molar-refractivity contribution in [3.63, 3.8) is 0 Å². The van der Waals surface area contributed by atoms with Crippen LogP contribution in [0.2, 0.25) is 5.02 Å². The monoisotopic (exact) mass is 384 g/mol. The molecule has 3 aromatic rings. The molecule has 0 bridgehead atoms. The van der Waals surface area contributed by atoms with Gasteiger partial charge < -0.3 is 14.3 Å². The van der Waals surface area contributed by atoms with Crippen LogP contribution in [0.5, 0.6) is 11.5 Å². The lowest BCUT2D eigenvalue weighted by atomic mass is 9.97. The number of aromatic hydroxyl groups is 1. The van der Waals surface area contributed by atoms with Crippen LogP contribution in [0.3, 0.4) is 0 Å². The van der Waals surface area contributed by atoms with Gasteiger partial charge in [-0.2, -0.15) is 0 Å². The molecule has 0 atom stereocenters. The van der Waals surface area contributed by atoms with Gasteiger partial charge in [0.25, 0.3) is 0 Å². The molecule has 1 heterocycles. The molecule has 1 aromatic heterocycles. The molecule has 1 fully saturated rings. The SMILES string of the molecule is CC(C)c1oc2c(OCC3CC3)c(O)ccc2c(=O)c1-c1ccc(Cl)cc1. The molecular formula is C22H21ClO4. The summed E-state index contributed by atoms with van der Waals surface area (Å²) >= 11 is 5.99. The smallest absolute Gasteiger partial charge is 0.204 e. The van der Waals surface area contributed by atoms with Crippen LogP contribution in [0.15, 0.2) is 45.6 Å². The van der Waals surface area contributed by atoms with E-state index in [0.717, 1.165) is 18.4 Å². The summed E-state index contributed by atoms with van der Waals surface area (Å²) in [5.74, 6) is 1.30. The van der Waals surface area contributed by atoms with E-state index in [1.165, 1.54) is 6.07 Å². The first-order chi connectivity index (χ1) is 13.0. The first kappa shape index (κ1) is 17.9. The van der Waals surface area contributed by atoms with Gasteiger partial charge >= 0.3 is 0 Å². The van der Waals surface area contributed by atoms with Crippen LogP contribution in [0, 0.1) is 5.92 Å². The Bertz CT molecular complexity index is 1050. The van der Waals surface area contributed by atoms with E-state index in [0.29, 0.717) is 39.8 Å². The summed E-state index contributed by atoms with van der Waals surface area (Å²) in [5.41, 5.74) is 1.45. The third kappa shape index (κ3) is 3.42. The molecule has 1 aliphatic carbocycles. The Morgan fingerprint density at radius 3 is 2.52 bits per heavy atom. The van der Waals surface area contributed by atoms with E-state index in [2.05, 4.69) is 0 Å². The molecule has 0 unspecified atom stereocenters. The number of rotatable bonds is 5. The molecule has 1 saturated carbocycles. The maximum absolute atomic E-state index is 13.3. The third-order valence-corrected chi connectivity index (χ3v) is 5.09. The Morgan fingerprint density at radius 2 is 1.89 bits per heavy atom. The second-order valence-corrected chi connectivity index (χ2v) is 7.81. The number of benzene rings is 2. The van der Waals surface area contributed by atoms with Crippen molar-refractivity contribution in [1.82, 2.24) is 0 Å². The first-order valence-electron chi connectivity index (χ1n) is 9.17. The van der Waals surface area contributed by atoms with Gasteiger partial charge in [0.05, 0.1) is 17.6 Å². The highest BCUT2D eigenvalue weighted by Gasteiger charge is 2.25. The van der Waals surface area contributed by atoms with E-state index in [4.69, 9.17) is 20.8 Å². The third-order valence-electron chi connectivity index (χ3n) is 4.84. The number of phenolic OH excluding ortho intramolecular Hbond substituents is 1. The maximum Gasteiger partial charge on any atom is 0.204 e. The Morgan fingerprint density at radius 1 is 1.19 bits per heavy atom. The highest BCUT2D eigenvalue weighted by molar-refractivity contribution is 6.30. The number of hydrogen-bond donors (Lipinski definition) is 1. The summed E-state index contributed by atoms with van der Waals surface area (Å²) in [5, 5.41) is 11.3. The Hall–Kier alpha value is -2.46. The summed E-state index contributed by atoms with van der Waals surface area (Å²) in [6.45, 7) is 4.46. The predicted octanol–water partition coefficient (Wildman–Crippen LogP) is 5.73. The summed E-state index contributed by atoms with van der Waals surface area (Å²) in [4.78, 5) is 13.3. The molecular weight excluding hydrogens is 364 g/mol. The van der Waals surface area contributed by atoms with Crippen LogP contribution < -0.4 is 10.2 Å². The normalized spacial score (nSPS) is 14.1. The molecule has 4 nitrogen and oxygen atoms in total. The molecule has 0 radical (unpaired) electrons. The van der Waals surface area contributed by atoms with Gasteiger partial charge in [0, 0.05) is 10.9 Å². The molecule has 5 heteroatoms. The summed E-state index contributed by atoms with van der Waals surface area (Å²) in [6, 6.07) is 10.2. The van der Waals surface area contributed by atoms with Crippen LogP contribution in [0.4, 0.5) is 0 Å². The number of phenols is 1. The zero-order chi connectivity index (χ0) is 19.1. The standard InChI is InChI=1S/C22H21ClO4/c1-12(2)20-18(14-5-7-15(23)8-6-14)19(25)16-9-10-17(24)22(21(16)27-20)26-11-13-3-4-13/h5-10,12-13,24H,3-4,11H2,1-2H3. The van der Waals surface area contributed by atoms with Crippen molar-refractivity contribution in [1.29, 1.82) is 0 Å². The second kappa shape index (κ2) is 6.93. The lowest BCUT2D eigenvalue weighted by molar-refractivity contribution is 0.282. The highest BCUT2D eigenvalue weighted by atomic mass is 35.5. The van der Waals surface area contributed by atoms with Crippen molar-refractivity contribution in [3.8, 4) is 22.6 Å². The summed E-state index contributed by atoms with van der Waals surface area (Å²) in [7, 11) is 0. The van der Waals surface area contributed by atoms with E-state index >= 15 is 0 Å². The fraction of sp³-hybridized carbons (Fsp3) is 0.318. The van der Waals surface area contributed by atoms with E-state index in [1.54, 1.807) is 18.2 Å². The molecule has 2 aromatic carbocycles. The van der Waals surface area contributed by atoms with Crippen molar-refractivity contribution in [2.24, 2.45) is 5.92 Å². The molecule has 1 aliphatic rings. The van der Waals surface area contributed by atoms with Crippen LogP contribution in [-0.2, 0) is 0 Å². The van der Waals surface area contributed by atoms with E-state index in [-0.39, 0.29) is 22.8 Å². The lowest BCUT2D eigenvalue weighted by Crippen LogP contribution is -2.11. The molecule has 0 spiro atoms. The van der Waals surface area contributed by atoms with E-state index in [1.807, 2.05) is 26.0 Å². The quantitative estimate of drug-likeness (QED) is 0.610. The van der Waals surface area contributed by atoms with Crippen molar-refractivity contribution in [2.75, 3.05) is 6.61 Å². The fourth-order valence-electron chi connectivity index (χ4n) is 3.16. The van der Waals surface area contributed by atoms with E-state index < -0.39 is 0 Å². The number of halogens is 1. The maximum atomic E-state index is 13.3. The van der Waals surface area contributed by atoms with Crippen LogP contribution in [-0.4, -0.2) is 11.7 Å². The van der Waals surface area contributed by atoms with Crippen molar-refractivity contribution < 1.29 is 14.3 Å². The first-order valence-corrected chi connectivity index (χ1v) is 9.55. The second-order valence-electron chi connectivity index (χ2n) is 7.38. The summed E-state index contributed by atoms with van der Waals surface area (Å²) in [6.07, 6.45) is 2.26. The van der Waals surface area contributed by atoms with Gasteiger partial charge in [-0.25, -0.2) is 0 Å². The van der Waals surface area contributed by atoms with Gasteiger partial charge in [0.2, 0.25) is 11.2 Å². The van der Waals surface area contributed by atoms with Crippen molar-refractivity contribution in [3.05, 3.63) is 57.4 Å². The minimum atomic E-state index is -0.140. The van der Waals surface area contributed by atoms with Gasteiger partial charge in [0.1, 0.15) is 5.76 Å². The molecule has 4 rings (SSSR count). The summed E-state index contributed by atoms with van der Waals surface area (Å²) < 4.78 is 12.0. The average Bonchev–Trinajstić information content (AvgIpc) is 3.46. The van der Waals surface area contributed by atoms with Crippen LogP contribution in [0.25, 0.3) is 22.1 Å². The van der Waals surface area contributed by atoms with Gasteiger partial charge in [-0.05, 0) is 48.6 Å². The lowest BCUT2D eigenvalue weighted by Gasteiger charge is -2.15. The van der Waals surface area contributed by atoms with Crippen molar-refractivity contribution in [2.45, 2.75) is 32.6 Å². The number of fused-ring (bicyclic) bond motifs is 1. The molecule has 0 amide bonds. The molecule has 0 saturated heterocycles. The minimum Gasteiger partial charge on any atom is -0.504 e. The van der Waals surface area contributed by atoms with Gasteiger partial charge in [0.15, 0.2) is 11.3 Å². The molecule has 27 heavy (non-hydrogen) atoms. The number of hydrogen-bond acceptors (Lipinski definition) is 4. The largest absolute Gasteiger partial charge is 0.504 e. The fourth-order valence-corrected chi connectivity index (χ4v) is 3.29. The predicted molar refractivity (Wildman–Crippen MR) is 107 cm³/mol. The van der Waals surface area contributed by atoms with Gasteiger partial charge in [-0.1, -0.05) is 37.6 Å². The van der Waals surface area contributed by atoms with Gasteiger partial charge in [-0.3, -0.25) is 4.79 Å². The zero-order valence-electron chi connectivity index (χ0n) is 15.3. The highest BCUT2D eigenvalue weighted by Crippen LogP contribution is 2.39. The molecule has 0 aliphatic heterocycles. The van der Waals surface area contributed by atoms with Gasteiger partial charge in [-0.15, -0.1) is 0 Å².